The molecule has 0 heterocycles. The van der Waals surface area contributed by atoms with Crippen molar-refractivity contribution in [3.63, 3.8) is 0 Å². The number of hydrogen-bond acceptors (Lipinski definition) is 9. The third kappa shape index (κ3) is 5.75. The number of methoxy groups -OCH3 is 2. The molecule has 3 aromatic carbocycles. The van der Waals surface area contributed by atoms with Gasteiger partial charge in [-0.05, 0) is 37.3 Å². The van der Waals surface area contributed by atoms with Crippen LogP contribution in [0.4, 0.5) is 17.1 Å². The van der Waals surface area contributed by atoms with Gasteiger partial charge in [0.2, 0.25) is 0 Å². The van der Waals surface area contributed by atoms with Crippen molar-refractivity contribution in [2.45, 2.75) is 17.9 Å². The Bertz CT molecular complexity index is 1440. The minimum atomic E-state index is -4.50. The smallest absolute Gasteiger partial charge is 0.337 e. The van der Waals surface area contributed by atoms with Crippen LogP contribution in [0, 0.1) is 10.1 Å². The van der Waals surface area contributed by atoms with Gasteiger partial charge in [0.1, 0.15) is 22.1 Å². The topological polar surface area (TPSA) is 170 Å². The van der Waals surface area contributed by atoms with Gasteiger partial charge in [-0.1, -0.05) is 12.1 Å². The van der Waals surface area contributed by atoms with E-state index in [-0.39, 0.29) is 16.9 Å². The highest BCUT2D eigenvalue weighted by molar-refractivity contribution is 7.92. The van der Waals surface area contributed by atoms with Crippen molar-refractivity contribution in [1.82, 2.24) is 0 Å². The second-order valence-electron chi connectivity index (χ2n) is 7.36. The molecule has 2 N–H and O–H groups in total. The summed E-state index contributed by atoms with van der Waals surface area (Å²) in [5.74, 6) is -0.310. The number of carboxylic acid groups (broad SMARTS) is 1. The van der Waals surface area contributed by atoms with E-state index in [9.17, 15) is 28.4 Å². The number of sulfonamides is 1. The van der Waals surface area contributed by atoms with Crippen LogP contribution in [0.25, 0.3) is 0 Å². The number of nitro groups is 1. The van der Waals surface area contributed by atoms with Gasteiger partial charge in [0.05, 0.1) is 36.4 Å². The van der Waals surface area contributed by atoms with Crippen LogP contribution >= 0.6 is 0 Å². The van der Waals surface area contributed by atoms with Crippen molar-refractivity contribution < 1.29 is 32.7 Å². The van der Waals surface area contributed by atoms with Crippen molar-refractivity contribution in [3.05, 3.63) is 81.9 Å². The average molecular weight is 515 g/mol. The van der Waals surface area contributed by atoms with Crippen LogP contribution in [0.15, 0.2) is 75.8 Å². The van der Waals surface area contributed by atoms with Gasteiger partial charge in [-0.3, -0.25) is 14.8 Å². The van der Waals surface area contributed by atoms with Crippen LogP contribution in [0.2, 0.25) is 0 Å². The summed E-state index contributed by atoms with van der Waals surface area (Å²) in [6.45, 7) is 1.70. The molecule has 12 nitrogen and oxygen atoms in total. The molecule has 3 rings (SSSR count). The number of carboxylic acids is 1. The summed E-state index contributed by atoms with van der Waals surface area (Å²) >= 11 is 0. The summed E-state index contributed by atoms with van der Waals surface area (Å²) in [5.41, 5.74) is -0.543. The third-order valence-electron chi connectivity index (χ3n) is 5.07. The van der Waals surface area contributed by atoms with E-state index in [0.29, 0.717) is 17.1 Å². The van der Waals surface area contributed by atoms with E-state index in [2.05, 4.69) is 15.0 Å². The Labute approximate surface area is 206 Å². The van der Waals surface area contributed by atoms with E-state index in [1.165, 1.54) is 38.5 Å². The van der Waals surface area contributed by atoms with Crippen LogP contribution in [-0.4, -0.2) is 38.6 Å². The number of benzene rings is 3. The number of aromatic carboxylic acids is 1. The summed E-state index contributed by atoms with van der Waals surface area (Å²) in [5, 5.41) is 28.9. The van der Waals surface area contributed by atoms with Crippen LogP contribution < -0.4 is 14.2 Å². The number of nitrogens with one attached hydrogen (secondary N) is 1. The van der Waals surface area contributed by atoms with Crippen molar-refractivity contribution >= 4 is 33.1 Å². The molecule has 188 valence electrons. The first-order valence-electron chi connectivity index (χ1n) is 10.3. The minimum Gasteiger partial charge on any atom is -0.497 e. The van der Waals surface area contributed by atoms with Crippen LogP contribution in [0.5, 0.6) is 11.5 Å². The van der Waals surface area contributed by atoms with E-state index in [0.717, 1.165) is 18.2 Å². The fourth-order valence-corrected chi connectivity index (χ4v) is 4.48. The van der Waals surface area contributed by atoms with Gasteiger partial charge < -0.3 is 14.6 Å². The SMILES string of the molecule is COc1ccc(C(C)N=Nc2ccc([N+](=O)[O-])cc2S(=O)(=O)Nc2ccccc2C(=O)O)c(OC)c1. The quantitative estimate of drug-likeness (QED) is 0.217. The first-order valence-corrected chi connectivity index (χ1v) is 11.8. The first kappa shape index (κ1) is 26.1. The molecular weight excluding hydrogens is 492 g/mol. The second kappa shape index (κ2) is 10.8. The summed E-state index contributed by atoms with van der Waals surface area (Å²) in [6, 6.07) is 12.9. The molecular formula is C23H22N4O8S. The molecule has 36 heavy (non-hydrogen) atoms. The van der Waals surface area contributed by atoms with Crippen molar-refractivity contribution in [2.24, 2.45) is 10.2 Å². The molecule has 0 aromatic heterocycles. The zero-order chi connectivity index (χ0) is 26.5. The number of hydrogen-bond donors (Lipinski definition) is 2. The Morgan fingerprint density at radius 1 is 1.08 bits per heavy atom. The normalized spacial score (nSPS) is 12.2. The predicted octanol–water partition coefficient (Wildman–Crippen LogP) is 4.96. The van der Waals surface area contributed by atoms with Crippen molar-refractivity contribution in [2.75, 3.05) is 18.9 Å². The first-order chi connectivity index (χ1) is 17.1. The zero-order valence-electron chi connectivity index (χ0n) is 19.4. The van der Waals surface area contributed by atoms with Crippen molar-refractivity contribution in [3.8, 4) is 11.5 Å². The summed E-state index contributed by atoms with van der Waals surface area (Å²) in [4.78, 5) is 21.5. The number of anilines is 1. The maximum Gasteiger partial charge on any atom is 0.337 e. The van der Waals surface area contributed by atoms with Gasteiger partial charge in [-0.25, -0.2) is 13.2 Å². The standard InChI is InChI=1S/C23H22N4O8S/c1-14(17-10-9-16(34-2)13-21(17)35-3)24-25-20-11-8-15(27(30)31)12-22(20)36(32,33)26-19-7-5-4-6-18(19)23(28)29/h4-14,26H,1-3H3,(H,28,29). The van der Waals surface area contributed by atoms with E-state index in [1.807, 2.05) is 0 Å². The summed E-state index contributed by atoms with van der Waals surface area (Å²) in [7, 11) is -1.52. The Hall–Kier alpha value is -4.52. The van der Waals surface area contributed by atoms with E-state index < -0.39 is 37.5 Å². The fraction of sp³-hybridized carbons (Fsp3) is 0.174. The van der Waals surface area contributed by atoms with Crippen LogP contribution in [0.3, 0.4) is 0 Å². The largest absolute Gasteiger partial charge is 0.497 e. The molecule has 0 radical (unpaired) electrons. The highest BCUT2D eigenvalue weighted by atomic mass is 32.2. The number of carbonyl (C=O) groups is 1. The Morgan fingerprint density at radius 3 is 2.44 bits per heavy atom. The molecule has 0 aliphatic heterocycles. The van der Waals surface area contributed by atoms with Gasteiger partial charge in [0, 0.05) is 23.8 Å². The molecule has 0 saturated carbocycles. The van der Waals surface area contributed by atoms with Gasteiger partial charge >= 0.3 is 5.97 Å². The highest BCUT2D eigenvalue weighted by Gasteiger charge is 2.25. The lowest BCUT2D eigenvalue weighted by molar-refractivity contribution is -0.385. The molecule has 0 bridgehead atoms. The number of nitrogens with zero attached hydrogens (tertiary/aromatic N) is 3. The molecule has 1 atom stereocenters. The number of azo groups is 1. The second-order valence-corrected chi connectivity index (χ2v) is 9.02. The lowest BCUT2D eigenvalue weighted by Gasteiger charge is -2.14. The number of rotatable bonds is 10. The maximum absolute atomic E-state index is 13.2. The van der Waals surface area contributed by atoms with Crippen molar-refractivity contribution in [1.29, 1.82) is 0 Å². The maximum atomic E-state index is 13.2. The summed E-state index contributed by atoms with van der Waals surface area (Å²) in [6.07, 6.45) is 0. The van der Waals surface area contributed by atoms with Gasteiger partial charge in [0.25, 0.3) is 15.7 Å². The lowest BCUT2D eigenvalue weighted by atomic mass is 10.1. The van der Waals surface area contributed by atoms with E-state index in [1.54, 1.807) is 25.1 Å². The highest BCUT2D eigenvalue weighted by Crippen LogP contribution is 2.35. The number of nitro benzene ring substituents is 1. The number of para-hydroxylation sites is 1. The molecule has 0 aliphatic rings. The molecule has 0 fully saturated rings. The molecule has 0 saturated heterocycles. The zero-order valence-corrected chi connectivity index (χ0v) is 20.2. The van der Waals surface area contributed by atoms with E-state index in [4.69, 9.17) is 9.47 Å². The van der Waals surface area contributed by atoms with Gasteiger partial charge in [0.15, 0.2) is 0 Å². The Kier molecular flexibility index (Phi) is 7.84. The molecule has 1 unspecified atom stereocenters. The number of ether oxygens (including phenoxy) is 2. The molecule has 0 amide bonds. The Balaban J connectivity index is 2.04. The van der Waals surface area contributed by atoms with Crippen LogP contribution in [0.1, 0.15) is 28.9 Å². The number of non-ortho nitro benzene ring substituents is 1. The fourth-order valence-electron chi connectivity index (χ4n) is 3.25. The molecule has 13 heteroatoms. The minimum absolute atomic E-state index is 0.180. The van der Waals surface area contributed by atoms with E-state index >= 15 is 0 Å². The Morgan fingerprint density at radius 2 is 1.81 bits per heavy atom. The predicted molar refractivity (Wildman–Crippen MR) is 130 cm³/mol. The molecule has 3 aromatic rings. The lowest BCUT2D eigenvalue weighted by Crippen LogP contribution is -2.16. The van der Waals surface area contributed by atoms with Crippen LogP contribution in [-0.2, 0) is 10.0 Å². The average Bonchev–Trinajstić information content (AvgIpc) is 2.86. The van der Waals surface area contributed by atoms with Gasteiger partial charge in [-0.2, -0.15) is 10.2 Å². The van der Waals surface area contributed by atoms with Gasteiger partial charge in [-0.15, -0.1) is 0 Å². The summed E-state index contributed by atoms with van der Waals surface area (Å²) < 4.78 is 39.1. The monoisotopic (exact) mass is 514 g/mol. The third-order valence-corrected chi connectivity index (χ3v) is 6.47. The molecule has 0 spiro atoms. The molecule has 0 aliphatic carbocycles.